The Bertz CT molecular complexity index is 466. The second-order valence-corrected chi connectivity index (χ2v) is 5.81. The smallest absolute Gasteiger partial charge is 0.254 e. The van der Waals surface area contributed by atoms with Gasteiger partial charge in [0.1, 0.15) is 0 Å². The Labute approximate surface area is 127 Å². The van der Waals surface area contributed by atoms with Crippen molar-refractivity contribution in [2.45, 2.75) is 39.7 Å². The van der Waals surface area contributed by atoms with E-state index in [-0.39, 0.29) is 24.4 Å². The van der Waals surface area contributed by atoms with Crippen molar-refractivity contribution in [2.24, 2.45) is 11.7 Å². The number of hydrogen-bond acceptors (Lipinski definition) is 2. The molecule has 0 saturated carbocycles. The Kier molecular flexibility index (Phi) is 6.03. The lowest BCUT2D eigenvalue weighted by molar-refractivity contribution is 0.0680. The van der Waals surface area contributed by atoms with Gasteiger partial charge in [-0.2, -0.15) is 0 Å². The van der Waals surface area contributed by atoms with Crippen LogP contribution in [0.4, 0.5) is 0 Å². The van der Waals surface area contributed by atoms with Gasteiger partial charge in [0.15, 0.2) is 0 Å². The molecule has 0 spiro atoms. The topological polar surface area (TPSA) is 46.3 Å². The molecule has 3 nitrogen and oxygen atoms in total. The van der Waals surface area contributed by atoms with E-state index in [0.29, 0.717) is 5.92 Å². The van der Waals surface area contributed by atoms with Crippen molar-refractivity contribution in [3.8, 4) is 0 Å². The molecule has 1 unspecified atom stereocenters. The third kappa shape index (κ3) is 3.74. The maximum absolute atomic E-state index is 12.5. The van der Waals surface area contributed by atoms with E-state index < -0.39 is 0 Å². The molecule has 1 aliphatic heterocycles. The molecular formula is C16H25ClN2O. The summed E-state index contributed by atoms with van der Waals surface area (Å²) in [5.41, 5.74) is 9.04. The molecule has 0 radical (unpaired) electrons. The molecule has 1 aliphatic rings. The van der Waals surface area contributed by atoms with E-state index in [1.54, 1.807) is 0 Å². The van der Waals surface area contributed by atoms with Crippen LogP contribution in [0.5, 0.6) is 0 Å². The molecule has 1 aromatic rings. The fourth-order valence-electron chi connectivity index (χ4n) is 2.85. The number of amides is 1. The van der Waals surface area contributed by atoms with Gasteiger partial charge in [0.2, 0.25) is 0 Å². The van der Waals surface area contributed by atoms with Gasteiger partial charge in [0.05, 0.1) is 0 Å². The molecule has 2 N–H and O–H groups in total. The van der Waals surface area contributed by atoms with E-state index in [2.05, 4.69) is 19.9 Å². The third-order valence-electron chi connectivity index (χ3n) is 4.18. The number of benzene rings is 1. The molecular weight excluding hydrogens is 272 g/mol. The van der Waals surface area contributed by atoms with E-state index >= 15 is 0 Å². The summed E-state index contributed by atoms with van der Waals surface area (Å²) in [5.74, 6) is 0.726. The van der Waals surface area contributed by atoms with Gasteiger partial charge in [-0.3, -0.25) is 4.79 Å². The van der Waals surface area contributed by atoms with Crippen molar-refractivity contribution in [1.82, 2.24) is 4.90 Å². The lowest BCUT2D eigenvalue weighted by atomic mass is 9.90. The highest BCUT2D eigenvalue weighted by Gasteiger charge is 2.25. The van der Waals surface area contributed by atoms with Crippen molar-refractivity contribution in [2.75, 3.05) is 13.1 Å². The van der Waals surface area contributed by atoms with Crippen LogP contribution in [0.3, 0.4) is 0 Å². The lowest BCUT2D eigenvalue weighted by Gasteiger charge is -2.34. The molecule has 112 valence electrons. The number of nitrogens with zero attached hydrogens (tertiary/aromatic N) is 1. The van der Waals surface area contributed by atoms with Gasteiger partial charge in [-0.25, -0.2) is 0 Å². The molecule has 0 aliphatic carbocycles. The van der Waals surface area contributed by atoms with E-state index in [4.69, 9.17) is 5.73 Å². The molecule has 1 fully saturated rings. The van der Waals surface area contributed by atoms with Gasteiger partial charge in [-0.05, 0) is 51.2 Å². The number of rotatable bonds is 2. The van der Waals surface area contributed by atoms with Gasteiger partial charge in [0.25, 0.3) is 5.91 Å². The highest BCUT2D eigenvalue weighted by atomic mass is 35.5. The number of likely N-dealkylation sites (tertiary alicyclic amines) is 1. The lowest BCUT2D eigenvalue weighted by Crippen LogP contribution is -2.42. The summed E-state index contributed by atoms with van der Waals surface area (Å²) in [6.45, 7) is 7.79. The van der Waals surface area contributed by atoms with Crippen molar-refractivity contribution < 1.29 is 4.79 Å². The number of carbonyl (C=O) groups excluding carboxylic acids is 1. The number of hydrogen-bond donors (Lipinski definition) is 1. The first-order valence-electron chi connectivity index (χ1n) is 7.11. The van der Waals surface area contributed by atoms with Gasteiger partial charge < -0.3 is 10.6 Å². The minimum atomic E-state index is 0. The average Bonchev–Trinajstić information content (AvgIpc) is 2.38. The largest absolute Gasteiger partial charge is 0.339 e. The van der Waals surface area contributed by atoms with Crippen LogP contribution in [0.25, 0.3) is 0 Å². The number of halogens is 1. The maximum Gasteiger partial charge on any atom is 0.254 e. The van der Waals surface area contributed by atoms with Gasteiger partial charge in [-0.15, -0.1) is 12.4 Å². The van der Waals surface area contributed by atoms with Crippen LogP contribution in [-0.4, -0.2) is 29.9 Å². The SMILES string of the molecule is Cc1ccc(C(=O)N2CCC(C(C)N)CC2)c(C)c1.Cl. The number of aryl methyl sites for hydroxylation is 2. The summed E-state index contributed by atoms with van der Waals surface area (Å²) in [4.78, 5) is 14.5. The maximum atomic E-state index is 12.5. The molecule has 1 saturated heterocycles. The summed E-state index contributed by atoms with van der Waals surface area (Å²) >= 11 is 0. The fourth-order valence-corrected chi connectivity index (χ4v) is 2.85. The second-order valence-electron chi connectivity index (χ2n) is 5.81. The Morgan fingerprint density at radius 1 is 1.30 bits per heavy atom. The molecule has 0 bridgehead atoms. The average molecular weight is 297 g/mol. The second kappa shape index (κ2) is 7.09. The number of nitrogens with two attached hydrogens (primary N) is 1. The van der Waals surface area contributed by atoms with Crippen LogP contribution in [0, 0.1) is 19.8 Å². The van der Waals surface area contributed by atoms with Crippen LogP contribution in [0.2, 0.25) is 0 Å². The highest BCUT2D eigenvalue weighted by Crippen LogP contribution is 2.22. The molecule has 20 heavy (non-hydrogen) atoms. The summed E-state index contributed by atoms with van der Waals surface area (Å²) in [7, 11) is 0. The third-order valence-corrected chi connectivity index (χ3v) is 4.18. The molecule has 1 amide bonds. The van der Waals surface area contributed by atoms with E-state index in [1.807, 2.05) is 24.0 Å². The fraction of sp³-hybridized carbons (Fsp3) is 0.562. The van der Waals surface area contributed by atoms with Crippen LogP contribution in [0.15, 0.2) is 18.2 Å². The molecule has 2 rings (SSSR count). The Balaban J connectivity index is 0.00000200. The molecule has 1 aromatic carbocycles. The quantitative estimate of drug-likeness (QED) is 0.912. The number of carbonyl (C=O) groups is 1. The van der Waals surface area contributed by atoms with E-state index in [9.17, 15) is 4.79 Å². The number of piperidine rings is 1. The predicted octanol–water partition coefficient (Wildman–Crippen LogP) is 2.92. The standard InChI is InChI=1S/C16H24N2O.ClH/c1-11-4-5-15(12(2)10-11)16(19)18-8-6-14(7-9-18)13(3)17;/h4-5,10,13-14H,6-9,17H2,1-3H3;1H. The van der Waals surface area contributed by atoms with Crippen molar-refractivity contribution >= 4 is 18.3 Å². The van der Waals surface area contributed by atoms with E-state index in [1.165, 1.54) is 5.56 Å². The molecule has 1 atom stereocenters. The van der Waals surface area contributed by atoms with E-state index in [0.717, 1.165) is 37.1 Å². The van der Waals surface area contributed by atoms with Crippen LogP contribution < -0.4 is 5.73 Å². The summed E-state index contributed by atoms with van der Waals surface area (Å²) in [6, 6.07) is 6.26. The van der Waals surface area contributed by atoms with Crippen molar-refractivity contribution in [1.29, 1.82) is 0 Å². The predicted molar refractivity (Wildman–Crippen MR) is 85.4 cm³/mol. The Morgan fingerprint density at radius 3 is 2.40 bits per heavy atom. The molecule has 4 heteroatoms. The van der Waals surface area contributed by atoms with Crippen LogP contribution in [-0.2, 0) is 0 Å². The first-order valence-corrected chi connectivity index (χ1v) is 7.11. The van der Waals surface area contributed by atoms with Crippen LogP contribution >= 0.6 is 12.4 Å². The van der Waals surface area contributed by atoms with Crippen LogP contribution in [0.1, 0.15) is 41.3 Å². The highest BCUT2D eigenvalue weighted by molar-refractivity contribution is 5.95. The summed E-state index contributed by atoms with van der Waals surface area (Å²) < 4.78 is 0. The Hall–Kier alpha value is -1.06. The van der Waals surface area contributed by atoms with Gasteiger partial charge in [0, 0.05) is 24.7 Å². The molecule has 0 aromatic heterocycles. The van der Waals surface area contributed by atoms with Gasteiger partial charge in [-0.1, -0.05) is 17.7 Å². The van der Waals surface area contributed by atoms with Crippen molar-refractivity contribution in [3.05, 3.63) is 34.9 Å². The van der Waals surface area contributed by atoms with Crippen molar-refractivity contribution in [3.63, 3.8) is 0 Å². The first kappa shape index (κ1) is 17.0. The normalized spacial score (nSPS) is 17.5. The zero-order valence-electron chi connectivity index (χ0n) is 12.6. The minimum absolute atomic E-state index is 0. The monoisotopic (exact) mass is 296 g/mol. The Morgan fingerprint density at radius 2 is 1.90 bits per heavy atom. The summed E-state index contributed by atoms with van der Waals surface area (Å²) in [6.07, 6.45) is 2.04. The first-order chi connectivity index (χ1) is 8.99. The molecule has 1 heterocycles. The minimum Gasteiger partial charge on any atom is -0.339 e. The van der Waals surface area contributed by atoms with Gasteiger partial charge >= 0.3 is 0 Å². The zero-order valence-corrected chi connectivity index (χ0v) is 13.4. The summed E-state index contributed by atoms with van der Waals surface area (Å²) in [5, 5.41) is 0. The zero-order chi connectivity index (χ0) is 14.0.